The number of amides is 2. The summed E-state index contributed by atoms with van der Waals surface area (Å²) in [5, 5.41) is 3.78. The molecule has 2 amide bonds. The second kappa shape index (κ2) is 9.32. The first-order valence-electron chi connectivity index (χ1n) is 12.7. The van der Waals surface area contributed by atoms with Crippen LogP contribution >= 0.6 is 0 Å². The molecule has 0 unspecified atom stereocenters. The van der Waals surface area contributed by atoms with E-state index in [1.54, 1.807) is 0 Å². The smallest absolute Gasteiger partial charge is 0.346 e. The molecular formula is C26H38N4O. The topological polar surface area (TPSA) is 47.9 Å². The molecule has 5 nitrogen and oxygen atoms in total. The van der Waals surface area contributed by atoms with Crippen LogP contribution in [0.1, 0.15) is 81.8 Å². The van der Waals surface area contributed by atoms with E-state index in [0.29, 0.717) is 6.04 Å². The third kappa shape index (κ3) is 4.52. The maximum absolute atomic E-state index is 13.0. The van der Waals surface area contributed by atoms with Gasteiger partial charge < -0.3 is 10.2 Å². The van der Waals surface area contributed by atoms with Gasteiger partial charge in [0.2, 0.25) is 0 Å². The van der Waals surface area contributed by atoms with Gasteiger partial charge in [0.1, 0.15) is 11.4 Å². The molecule has 7 rings (SSSR count). The van der Waals surface area contributed by atoms with Crippen molar-refractivity contribution in [2.24, 2.45) is 4.99 Å². The van der Waals surface area contributed by atoms with Gasteiger partial charge >= 0.3 is 6.03 Å². The normalized spacial score (nSPS) is 30.3. The molecule has 5 heteroatoms. The van der Waals surface area contributed by atoms with Crippen molar-refractivity contribution >= 4 is 11.9 Å². The summed E-state index contributed by atoms with van der Waals surface area (Å²) in [6, 6.07) is 9.77. The van der Waals surface area contributed by atoms with Crippen molar-refractivity contribution in [2.45, 2.75) is 95.2 Å². The average molecular weight is 423 g/mol. The van der Waals surface area contributed by atoms with E-state index in [0.717, 1.165) is 57.7 Å². The van der Waals surface area contributed by atoms with Crippen LogP contribution in [0.5, 0.6) is 0 Å². The minimum absolute atomic E-state index is 0.00253. The number of aryl methyl sites for hydroxylation is 1. The van der Waals surface area contributed by atoms with Gasteiger partial charge in [0.25, 0.3) is 0 Å². The summed E-state index contributed by atoms with van der Waals surface area (Å²) >= 11 is 0. The zero-order chi connectivity index (χ0) is 21.1. The Hall–Kier alpha value is -1.88. The van der Waals surface area contributed by atoms with Gasteiger partial charge in [0.05, 0.1) is 0 Å². The molecule has 1 aromatic carbocycles. The Labute approximate surface area is 187 Å². The first kappa shape index (κ1) is 21.0. The molecule has 0 aromatic heterocycles. The molecule has 31 heavy (non-hydrogen) atoms. The second-order valence-electron chi connectivity index (χ2n) is 10.2. The lowest BCUT2D eigenvalue weighted by Gasteiger charge is -2.46. The molecule has 2 fully saturated rings. The van der Waals surface area contributed by atoms with Crippen LogP contribution in [0.4, 0.5) is 4.79 Å². The van der Waals surface area contributed by atoms with Gasteiger partial charge in [0, 0.05) is 32.2 Å². The van der Waals surface area contributed by atoms with Crippen LogP contribution in [-0.2, 0) is 13.0 Å². The highest BCUT2D eigenvalue weighted by atomic mass is 16.2. The number of nitrogens with zero attached hydrogens (tertiary/aromatic N) is 3. The minimum atomic E-state index is -0.202. The number of hydrogen-bond donors (Lipinski definition) is 1. The molecule has 0 radical (unpaired) electrons. The summed E-state index contributed by atoms with van der Waals surface area (Å²) in [6.45, 7) is 3.91. The number of aliphatic imine (C=N–C) groups is 1. The van der Waals surface area contributed by atoms with Gasteiger partial charge in [-0.15, -0.1) is 0 Å². The van der Waals surface area contributed by atoms with Crippen LogP contribution in [0.25, 0.3) is 0 Å². The van der Waals surface area contributed by atoms with E-state index < -0.39 is 0 Å². The summed E-state index contributed by atoms with van der Waals surface area (Å²) in [5.74, 6) is 0.995. The monoisotopic (exact) mass is 422 g/mol. The van der Waals surface area contributed by atoms with Crippen molar-refractivity contribution < 1.29 is 4.79 Å². The molecule has 5 aliphatic heterocycles. The predicted octanol–water partition coefficient (Wildman–Crippen LogP) is 4.89. The van der Waals surface area contributed by atoms with Gasteiger partial charge in [-0.05, 0) is 56.1 Å². The van der Waals surface area contributed by atoms with Crippen molar-refractivity contribution in [1.29, 1.82) is 0 Å². The number of benzene rings is 1. The highest BCUT2D eigenvalue weighted by molar-refractivity contribution is 6.06. The van der Waals surface area contributed by atoms with Gasteiger partial charge in [-0.2, -0.15) is 4.99 Å². The highest BCUT2D eigenvalue weighted by Crippen LogP contribution is 2.36. The first-order chi connectivity index (χ1) is 15.2. The number of nitrogens with one attached hydrogen (secondary N) is 1. The van der Waals surface area contributed by atoms with E-state index in [-0.39, 0.29) is 11.6 Å². The number of rotatable bonds is 1. The Bertz CT molecular complexity index is 788. The number of amidine groups is 1. The Morgan fingerprint density at radius 3 is 2.29 bits per heavy atom. The maximum Gasteiger partial charge on any atom is 0.346 e. The Morgan fingerprint density at radius 1 is 0.839 bits per heavy atom. The fourth-order valence-electron chi connectivity index (χ4n) is 6.10. The van der Waals surface area contributed by atoms with Gasteiger partial charge in [-0.25, -0.2) is 4.79 Å². The van der Waals surface area contributed by atoms with Crippen LogP contribution in [0.2, 0.25) is 0 Å². The number of carbonyl (C=O) groups is 1. The van der Waals surface area contributed by atoms with E-state index in [2.05, 4.69) is 44.4 Å². The fourth-order valence-corrected chi connectivity index (χ4v) is 6.10. The van der Waals surface area contributed by atoms with Crippen molar-refractivity contribution in [3.05, 3.63) is 35.4 Å². The summed E-state index contributed by atoms with van der Waals surface area (Å²) in [6.07, 6.45) is 14.3. The Kier molecular flexibility index (Phi) is 6.31. The highest BCUT2D eigenvalue weighted by Gasteiger charge is 2.51. The lowest BCUT2D eigenvalue weighted by atomic mass is 9.83. The maximum atomic E-state index is 13.0. The average Bonchev–Trinajstić information content (AvgIpc) is 3.03. The van der Waals surface area contributed by atoms with Crippen molar-refractivity contribution in [2.75, 3.05) is 19.6 Å². The van der Waals surface area contributed by atoms with Crippen molar-refractivity contribution in [3.63, 3.8) is 0 Å². The standard InChI is InChI=1S/C26H38N4O/c31-25-28-24(27-23-9-5-3-6-10-23)26-15-18-29(19-16-26)20-22-13-11-21(12-14-22)8-4-1-2-7-17-30(25)26/h11-14,23H,1-10,15-20H2,(H,27,28,31). The number of urea groups is 1. The van der Waals surface area contributed by atoms with Crippen molar-refractivity contribution in [3.8, 4) is 0 Å². The molecule has 1 aliphatic carbocycles. The lowest BCUT2D eigenvalue weighted by Crippen LogP contribution is -2.61. The third-order valence-corrected chi connectivity index (χ3v) is 8.05. The molecule has 4 bridgehead atoms. The summed E-state index contributed by atoms with van der Waals surface area (Å²) in [7, 11) is 0. The number of piperidine rings is 1. The molecule has 6 aliphatic rings. The predicted molar refractivity (Wildman–Crippen MR) is 125 cm³/mol. The zero-order valence-corrected chi connectivity index (χ0v) is 19.0. The second-order valence-corrected chi connectivity index (χ2v) is 10.2. The number of fused-ring (bicyclic) bond motifs is 2. The molecule has 168 valence electrons. The SMILES string of the molecule is O=C1N=C(NC2CCCCC2)C23CCN(CC2)Cc2ccc(cc2)CCCCCCN13. The van der Waals surface area contributed by atoms with E-state index >= 15 is 0 Å². The largest absolute Gasteiger partial charge is 0.369 e. The quantitative estimate of drug-likeness (QED) is 0.701. The number of carbonyl (C=O) groups excluding carboxylic acids is 1. The van der Waals surface area contributed by atoms with Crippen molar-refractivity contribution in [1.82, 2.24) is 15.1 Å². The minimum Gasteiger partial charge on any atom is -0.369 e. The molecule has 1 spiro atoms. The molecular weight excluding hydrogens is 384 g/mol. The molecule has 5 heterocycles. The van der Waals surface area contributed by atoms with E-state index in [4.69, 9.17) is 0 Å². The summed E-state index contributed by atoms with van der Waals surface area (Å²) in [4.78, 5) is 22.4. The van der Waals surface area contributed by atoms with Crippen LogP contribution in [-0.4, -0.2) is 52.9 Å². The fraction of sp³-hybridized carbons (Fsp3) is 0.692. The third-order valence-electron chi connectivity index (χ3n) is 8.05. The van der Waals surface area contributed by atoms with Crippen LogP contribution in [0.15, 0.2) is 29.3 Å². The van der Waals surface area contributed by atoms with Gasteiger partial charge in [-0.3, -0.25) is 4.90 Å². The van der Waals surface area contributed by atoms with Gasteiger partial charge in [-0.1, -0.05) is 56.4 Å². The van der Waals surface area contributed by atoms with E-state index in [1.165, 1.54) is 62.5 Å². The molecule has 1 aromatic rings. The van der Waals surface area contributed by atoms with Crippen LogP contribution in [0.3, 0.4) is 0 Å². The first-order valence-corrected chi connectivity index (χ1v) is 12.7. The van der Waals surface area contributed by atoms with E-state index in [9.17, 15) is 4.79 Å². The Morgan fingerprint density at radius 2 is 1.52 bits per heavy atom. The van der Waals surface area contributed by atoms with Gasteiger partial charge in [0.15, 0.2) is 0 Å². The van der Waals surface area contributed by atoms with Crippen LogP contribution in [0, 0.1) is 0 Å². The molecule has 0 atom stereocenters. The van der Waals surface area contributed by atoms with E-state index in [1.807, 2.05) is 0 Å². The molecule has 1 saturated heterocycles. The molecule has 1 saturated carbocycles. The lowest BCUT2D eigenvalue weighted by molar-refractivity contribution is 0.0941. The summed E-state index contributed by atoms with van der Waals surface area (Å²) in [5.41, 5.74) is 2.65. The van der Waals surface area contributed by atoms with Crippen LogP contribution < -0.4 is 5.32 Å². The molecule has 1 N–H and O–H groups in total. The zero-order valence-electron chi connectivity index (χ0n) is 19.0. The summed E-state index contributed by atoms with van der Waals surface area (Å²) < 4.78 is 0. The number of hydrogen-bond acceptors (Lipinski definition) is 3. The Balaban J connectivity index is 1.36.